The summed E-state index contributed by atoms with van der Waals surface area (Å²) in [6.07, 6.45) is 0. The first-order valence-electron chi connectivity index (χ1n) is 11.3. The minimum atomic E-state index is -0.290. The minimum Gasteiger partial charge on any atom is -0.493 e. The molecule has 8 nitrogen and oxygen atoms in total. The molecule has 10 heteroatoms. The molecule has 2 aromatic heterocycles. The van der Waals surface area contributed by atoms with Crippen LogP contribution in [0.4, 0.5) is 5.69 Å². The molecule has 0 atom stereocenters. The number of thioether (sulfide) groups is 1. The maximum Gasteiger partial charge on any atom is 0.283 e. The molecule has 0 bridgehead atoms. The topological polar surface area (TPSA) is 98.2 Å². The van der Waals surface area contributed by atoms with Gasteiger partial charge in [-0.1, -0.05) is 47.6 Å². The second-order valence-electron chi connectivity index (χ2n) is 8.27. The van der Waals surface area contributed by atoms with E-state index in [0.29, 0.717) is 44.1 Å². The summed E-state index contributed by atoms with van der Waals surface area (Å²) in [7, 11) is 3.07. The molecule has 2 N–H and O–H groups in total. The molecule has 2 heterocycles. The maximum atomic E-state index is 13.8. The van der Waals surface area contributed by atoms with Gasteiger partial charge in [0.15, 0.2) is 16.7 Å². The molecule has 0 aliphatic heterocycles. The number of hydrogen-bond acceptors (Lipinski definition) is 6. The van der Waals surface area contributed by atoms with Crippen LogP contribution in [0.1, 0.15) is 5.56 Å². The Bertz CT molecular complexity index is 1710. The van der Waals surface area contributed by atoms with E-state index >= 15 is 0 Å². The Morgan fingerprint density at radius 3 is 2.62 bits per heavy atom. The molecule has 0 saturated heterocycles. The molecule has 0 unspecified atom stereocenters. The summed E-state index contributed by atoms with van der Waals surface area (Å²) in [6.45, 7) is 1.89. The summed E-state index contributed by atoms with van der Waals surface area (Å²) in [4.78, 5) is 34.6. The van der Waals surface area contributed by atoms with Crippen molar-refractivity contribution in [3.63, 3.8) is 0 Å². The normalized spacial score (nSPS) is 11.1. The predicted molar refractivity (Wildman–Crippen MR) is 148 cm³/mol. The molecule has 0 aliphatic rings. The van der Waals surface area contributed by atoms with Crippen molar-refractivity contribution in [1.29, 1.82) is 0 Å². The van der Waals surface area contributed by atoms with E-state index in [1.54, 1.807) is 37.4 Å². The molecule has 188 valence electrons. The number of amides is 1. The summed E-state index contributed by atoms with van der Waals surface area (Å²) in [5.41, 5.74) is 3.48. The number of carbonyl (C=O) groups excluding carboxylic acids is 1. The number of ether oxygens (including phenoxy) is 2. The van der Waals surface area contributed by atoms with Gasteiger partial charge in [0.25, 0.3) is 5.56 Å². The number of benzene rings is 3. The van der Waals surface area contributed by atoms with Crippen LogP contribution in [0.15, 0.2) is 70.6 Å². The second kappa shape index (κ2) is 10.2. The molecule has 3 aromatic carbocycles. The fraction of sp³-hybridized carbons (Fsp3) is 0.148. The van der Waals surface area contributed by atoms with E-state index in [2.05, 4.69) is 10.3 Å². The number of hydrogen-bond donors (Lipinski definition) is 2. The van der Waals surface area contributed by atoms with Crippen molar-refractivity contribution in [2.45, 2.75) is 12.1 Å². The largest absolute Gasteiger partial charge is 0.493 e. The minimum absolute atomic E-state index is 0.0269. The lowest BCUT2D eigenvalue weighted by molar-refractivity contribution is -0.113. The molecule has 0 spiro atoms. The van der Waals surface area contributed by atoms with E-state index < -0.39 is 0 Å². The van der Waals surface area contributed by atoms with Crippen LogP contribution in [0.2, 0.25) is 5.02 Å². The Hall–Kier alpha value is -3.95. The van der Waals surface area contributed by atoms with Crippen molar-refractivity contribution in [3.8, 4) is 17.2 Å². The number of rotatable bonds is 7. The molecule has 1 amide bonds. The third-order valence-electron chi connectivity index (χ3n) is 5.91. The summed E-state index contributed by atoms with van der Waals surface area (Å²) in [5, 5.41) is 4.61. The van der Waals surface area contributed by atoms with Crippen LogP contribution < -0.4 is 20.3 Å². The monoisotopic (exact) mass is 534 g/mol. The Labute approximate surface area is 221 Å². The van der Waals surface area contributed by atoms with Crippen LogP contribution in [-0.2, 0) is 4.79 Å². The average molecular weight is 535 g/mol. The van der Waals surface area contributed by atoms with Gasteiger partial charge < -0.3 is 19.8 Å². The number of halogens is 1. The first-order chi connectivity index (χ1) is 17.9. The summed E-state index contributed by atoms with van der Waals surface area (Å²) >= 11 is 7.35. The van der Waals surface area contributed by atoms with Gasteiger partial charge in [0.05, 0.1) is 25.7 Å². The van der Waals surface area contributed by atoms with Crippen LogP contribution in [0.3, 0.4) is 0 Å². The number of fused-ring (bicyclic) bond motifs is 3. The van der Waals surface area contributed by atoms with Crippen LogP contribution >= 0.6 is 23.4 Å². The summed E-state index contributed by atoms with van der Waals surface area (Å²) in [6, 6.07) is 18.1. The Balaban J connectivity index is 1.57. The fourth-order valence-corrected chi connectivity index (χ4v) is 5.01. The van der Waals surface area contributed by atoms with Crippen molar-refractivity contribution in [2.75, 3.05) is 25.3 Å². The molecule has 0 radical (unpaired) electrons. The number of H-pyrrole nitrogens is 1. The zero-order chi connectivity index (χ0) is 26.1. The highest BCUT2D eigenvalue weighted by molar-refractivity contribution is 7.99. The van der Waals surface area contributed by atoms with E-state index in [1.165, 1.54) is 11.7 Å². The van der Waals surface area contributed by atoms with E-state index in [4.69, 9.17) is 26.1 Å². The van der Waals surface area contributed by atoms with Crippen LogP contribution in [-0.4, -0.2) is 40.4 Å². The van der Waals surface area contributed by atoms with Gasteiger partial charge in [-0.3, -0.25) is 14.2 Å². The number of para-hydroxylation sites is 1. The zero-order valence-corrected chi connectivity index (χ0v) is 21.9. The van der Waals surface area contributed by atoms with Gasteiger partial charge in [-0.2, -0.15) is 0 Å². The van der Waals surface area contributed by atoms with E-state index in [1.807, 2.05) is 37.3 Å². The van der Waals surface area contributed by atoms with Crippen molar-refractivity contribution >= 4 is 56.9 Å². The Kier molecular flexibility index (Phi) is 6.82. The molecular weight excluding hydrogens is 512 g/mol. The van der Waals surface area contributed by atoms with Gasteiger partial charge in [-0.15, -0.1) is 0 Å². The molecule has 0 saturated carbocycles. The van der Waals surface area contributed by atoms with Gasteiger partial charge in [-0.05, 0) is 42.8 Å². The standard InChI is InChI=1S/C27H23ClN4O4S/c1-15-8-9-16(12-19(15)28)29-23(33)14-37-27-31-24-18-6-4-5-7-20(18)30-25(24)26(34)32(27)17-10-11-21(35-2)22(13-17)36-3/h4-13,30H,14H2,1-3H3,(H,29,33). The molecule has 0 aliphatic carbocycles. The number of nitrogens with zero attached hydrogens (tertiary/aromatic N) is 2. The molecule has 0 fully saturated rings. The fourth-order valence-electron chi connectivity index (χ4n) is 4.03. The first-order valence-corrected chi connectivity index (χ1v) is 12.7. The maximum absolute atomic E-state index is 13.8. The number of methoxy groups -OCH3 is 2. The summed E-state index contributed by atoms with van der Waals surface area (Å²) in [5.74, 6) is 0.772. The quantitative estimate of drug-likeness (QED) is 0.209. The van der Waals surface area contributed by atoms with Gasteiger partial charge in [-0.25, -0.2) is 4.98 Å². The third-order valence-corrected chi connectivity index (χ3v) is 7.25. The lowest BCUT2D eigenvalue weighted by Crippen LogP contribution is -2.23. The number of aromatic amines is 1. The van der Waals surface area contributed by atoms with Crippen LogP contribution in [0.5, 0.6) is 11.5 Å². The number of aromatic nitrogens is 3. The Morgan fingerprint density at radius 1 is 1.08 bits per heavy atom. The SMILES string of the molecule is COc1ccc(-n2c(SCC(=O)Nc3ccc(C)c(Cl)c3)nc3c([nH]c4ccccc43)c2=O)cc1OC. The highest BCUT2D eigenvalue weighted by Gasteiger charge is 2.19. The third kappa shape index (κ3) is 4.75. The highest BCUT2D eigenvalue weighted by Crippen LogP contribution is 2.32. The highest BCUT2D eigenvalue weighted by atomic mass is 35.5. The Morgan fingerprint density at radius 2 is 1.86 bits per heavy atom. The van der Waals surface area contributed by atoms with E-state index in [9.17, 15) is 9.59 Å². The van der Waals surface area contributed by atoms with Crippen molar-refractivity contribution in [2.24, 2.45) is 0 Å². The number of aryl methyl sites for hydroxylation is 1. The van der Waals surface area contributed by atoms with Gasteiger partial charge in [0.1, 0.15) is 11.0 Å². The van der Waals surface area contributed by atoms with E-state index in [0.717, 1.165) is 28.2 Å². The molecular formula is C27H23ClN4O4S. The van der Waals surface area contributed by atoms with Gasteiger partial charge >= 0.3 is 0 Å². The predicted octanol–water partition coefficient (Wildman–Crippen LogP) is 5.58. The molecule has 5 aromatic rings. The number of nitrogens with one attached hydrogen (secondary N) is 2. The van der Waals surface area contributed by atoms with Crippen LogP contribution in [0.25, 0.3) is 27.6 Å². The van der Waals surface area contributed by atoms with Crippen molar-refractivity contribution in [3.05, 3.63) is 81.6 Å². The van der Waals surface area contributed by atoms with Gasteiger partial charge in [0, 0.05) is 27.7 Å². The second-order valence-corrected chi connectivity index (χ2v) is 9.62. The molecule has 5 rings (SSSR count). The molecule has 37 heavy (non-hydrogen) atoms. The lowest BCUT2D eigenvalue weighted by Gasteiger charge is -2.14. The first kappa shape index (κ1) is 24.7. The zero-order valence-electron chi connectivity index (χ0n) is 20.3. The number of carbonyl (C=O) groups is 1. The average Bonchev–Trinajstić information content (AvgIpc) is 3.28. The van der Waals surface area contributed by atoms with Gasteiger partial charge in [0.2, 0.25) is 5.91 Å². The number of anilines is 1. The van der Waals surface area contributed by atoms with Crippen molar-refractivity contribution in [1.82, 2.24) is 14.5 Å². The van der Waals surface area contributed by atoms with E-state index in [-0.39, 0.29) is 17.2 Å². The summed E-state index contributed by atoms with van der Waals surface area (Å²) < 4.78 is 12.3. The lowest BCUT2D eigenvalue weighted by atomic mass is 10.2. The smallest absolute Gasteiger partial charge is 0.283 e. The van der Waals surface area contributed by atoms with Crippen molar-refractivity contribution < 1.29 is 14.3 Å². The van der Waals surface area contributed by atoms with Crippen LogP contribution in [0, 0.1) is 6.92 Å².